The summed E-state index contributed by atoms with van der Waals surface area (Å²) in [5.74, 6) is -0.612. The van der Waals surface area contributed by atoms with Crippen LogP contribution in [0.4, 0.5) is 4.39 Å². The van der Waals surface area contributed by atoms with E-state index in [1.807, 2.05) is 0 Å². The second kappa shape index (κ2) is 5.09. The summed E-state index contributed by atoms with van der Waals surface area (Å²) in [4.78, 5) is -0.212. The third-order valence-corrected chi connectivity index (χ3v) is 3.66. The zero-order chi connectivity index (χ0) is 12.3. The first-order valence-electron chi connectivity index (χ1n) is 4.45. The smallest absolute Gasteiger partial charge is 0.242 e. The van der Waals surface area contributed by atoms with Crippen molar-refractivity contribution in [1.29, 1.82) is 0 Å². The van der Waals surface area contributed by atoms with Gasteiger partial charge in [0.2, 0.25) is 10.0 Å². The quantitative estimate of drug-likeness (QED) is 0.860. The Morgan fingerprint density at radius 1 is 1.56 bits per heavy atom. The van der Waals surface area contributed by atoms with E-state index in [1.54, 1.807) is 0 Å². The zero-order valence-corrected chi connectivity index (χ0v) is 10.0. The molecule has 0 amide bonds. The summed E-state index contributed by atoms with van der Waals surface area (Å²) >= 11 is 5.61. The van der Waals surface area contributed by atoms with Crippen molar-refractivity contribution >= 4 is 21.6 Å². The standard InChI is InChI=1S/C9H11ClFNO3S/c1-6(13)5-12-16(14,15)9-3-2-7(11)4-8(9)10/h2-4,6,12-13H,5H2,1H3/t6-/m0/s1. The van der Waals surface area contributed by atoms with E-state index in [0.717, 1.165) is 18.2 Å². The number of sulfonamides is 1. The Morgan fingerprint density at radius 3 is 2.69 bits per heavy atom. The number of hydrogen-bond donors (Lipinski definition) is 2. The Morgan fingerprint density at radius 2 is 2.19 bits per heavy atom. The van der Waals surface area contributed by atoms with Crippen LogP contribution < -0.4 is 4.72 Å². The molecule has 0 heterocycles. The normalized spacial score (nSPS) is 13.8. The summed E-state index contributed by atoms with van der Waals surface area (Å²) in [7, 11) is -3.81. The number of halogens is 2. The van der Waals surface area contributed by atoms with Crippen molar-refractivity contribution < 1.29 is 17.9 Å². The van der Waals surface area contributed by atoms with Crippen molar-refractivity contribution in [2.24, 2.45) is 0 Å². The molecular formula is C9H11ClFNO3S. The molecule has 1 aromatic rings. The Bertz CT molecular complexity index is 476. The van der Waals surface area contributed by atoms with Crippen LogP contribution in [0.15, 0.2) is 23.1 Å². The molecule has 0 aliphatic rings. The van der Waals surface area contributed by atoms with Gasteiger partial charge >= 0.3 is 0 Å². The fraction of sp³-hybridized carbons (Fsp3) is 0.333. The largest absolute Gasteiger partial charge is 0.392 e. The van der Waals surface area contributed by atoms with E-state index in [4.69, 9.17) is 16.7 Å². The third-order valence-electron chi connectivity index (χ3n) is 1.75. The lowest BCUT2D eigenvalue weighted by atomic mass is 10.3. The lowest BCUT2D eigenvalue weighted by molar-refractivity contribution is 0.198. The predicted molar refractivity (Wildman–Crippen MR) is 58.3 cm³/mol. The molecule has 16 heavy (non-hydrogen) atoms. The predicted octanol–water partition coefficient (Wildman–Crippen LogP) is 1.14. The van der Waals surface area contributed by atoms with Gasteiger partial charge in [-0.2, -0.15) is 0 Å². The maximum atomic E-state index is 12.7. The molecular weight excluding hydrogens is 257 g/mol. The van der Waals surface area contributed by atoms with Crippen LogP contribution in [0.25, 0.3) is 0 Å². The average molecular weight is 268 g/mol. The van der Waals surface area contributed by atoms with E-state index in [9.17, 15) is 12.8 Å². The molecule has 1 rings (SSSR count). The topological polar surface area (TPSA) is 66.4 Å². The Balaban J connectivity index is 2.99. The van der Waals surface area contributed by atoms with Gasteiger partial charge in [-0.1, -0.05) is 11.6 Å². The highest BCUT2D eigenvalue weighted by Crippen LogP contribution is 2.21. The van der Waals surface area contributed by atoms with E-state index in [-0.39, 0.29) is 16.5 Å². The van der Waals surface area contributed by atoms with Crippen LogP contribution in [-0.4, -0.2) is 26.2 Å². The SMILES string of the molecule is C[C@H](O)CNS(=O)(=O)c1ccc(F)cc1Cl. The fourth-order valence-corrected chi connectivity index (χ4v) is 2.65. The van der Waals surface area contributed by atoms with Crippen LogP contribution in [0.5, 0.6) is 0 Å². The number of nitrogens with one attached hydrogen (secondary N) is 1. The minimum Gasteiger partial charge on any atom is -0.392 e. The number of aliphatic hydroxyl groups is 1. The number of hydrogen-bond acceptors (Lipinski definition) is 3. The minimum atomic E-state index is -3.81. The molecule has 0 radical (unpaired) electrons. The molecule has 4 nitrogen and oxygen atoms in total. The summed E-state index contributed by atoms with van der Waals surface area (Å²) in [6, 6.07) is 2.99. The lowest BCUT2D eigenvalue weighted by Gasteiger charge is -2.09. The van der Waals surface area contributed by atoms with Gasteiger partial charge in [0.1, 0.15) is 10.7 Å². The summed E-state index contributed by atoms with van der Waals surface area (Å²) in [5.41, 5.74) is 0. The van der Waals surface area contributed by atoms with Gasteiger partial charge in [0, 0.05) is 6.54 Å². The molecule has 0 unspecified atom stereocenters. The molecule has 7 heteroatoms. The average Bonchev–Trinajstić information content (AvgIpc) is 2.14. The summed E-state index contributed by atoms with van der Waals surface area (Å²) < 4.78 is 38.1. The summed E-state index contributed by atoms with van der Waals surface area (Å²) in [5, 5.41) is 8.76. The second-order valence-electron chi connectivity index (χ2n) is 3.28. The molecule has 0 saturated heterocycles. The molecule has 0 aromatic heterocycles. The van der Waals surface area contributed by atoms with Crippen molar-refractivity contribution in [3.63, 3.8) is 0 Å². The number of benzene rings is 1. The van der Waals surface area contributed by atoms with E-state index in [2.05, 4.69) is 4.72 Å². The maximum Gasteiger partial charge on any atom is 0.242 e. The van der Waals surface area contributed by atoms with Crippen LogP contribution in [0, 0.1) is 5.82 Å². The van der Waals surface area contributed by atoms with E-state index in [0.29, 0.717) is 0 Å². The molecule has 0 aliphatic heterocycles. The zero-order valence-electron chi connectivity index (χ0n) is 8.44. The molecule has 90 valence electrons. The first kappa shape index (κ1) is 13.4. The molecule has 0 spiro atoms. The van der Waals surface area contributed by atoms with Gasteiger partial charge < -0.3 is 5.11 Å². The van der Waals surface area contributed by atoms with Gasteiger partial charge in [0.05, 0.1) is 11.1 Å². The third kappa shape index (κ3) is 3.41. The second-order valence-corrected chi connectivity index (χ2v) is 5.42. The van der Waals surface area contributed by atoms with Crippen molar-refractivity contribution in [3.8, 4) is 0 Å². The van der Waals surface area contributed by atoms with E-state index < -0.39 is 21.9 Å². The fourth-order valence-electron chi connectivity index (χ4n) is 1.00. The molecule has 1 aromatic carbocycles. The van der Waals surface area contributed by atoms with Gasteiger partial charge in [-0.05, 0) is 25.1 Å². The van der Waals surface area contributed by atoms with Crippen LogP contribution in [-0.2, 0) is 10.0 Å². The van der Waals surface area contributed by atoms with Gasteiger partial charge in [0.15, 0.2) is 0 Å². The molecule has 1 atom stereocenters. The Kier molecular flexibility index (Phi) is 4.26. The van der Waals surface area contributed by atoms with E-state index >= 15 is 0 Å². The Labute approximate surface area is 98.1 Å². The maximum absolute atomic E-state index is 12.7. The molecule has 0 saturated carbocycles. The van der Waals surface area contributed by atoms with Crippen molar-refractivity contribution in [1.82, 2.24) is 4.72 Å². The van der Waals surface area contributed by atoms with Gasteiger partial charge in [-0.25, -0.2) is 17.5 Å². The first-order chi connectivity index (χ1) is 7.33. The lowest BCUT2D eigenvalue weighted by Crippen LogP contribution is -2.30. The van der Waals surface area contributed by atoms with Gasteiger partial charge in [0.25, 0.3) is 0 Å². The van der Waals surface area contributed by atoms with E-state index in [1.165, 1.54) is 6.92 Å². The monoisotopic (exact) mass is 267 g/mol. The molecule has 0 fully saturated rings. The van der Waals surface area contributed by atoms with Crippen LogP contribution in [0.2, 0.25) is 5.02 Å². The minimum absolute atomic E-state index is 0.129. The molecule has 0 bridgehead atoms. The number of rotatable bonds is 4. The van der Waals surface area contributed by atoms with Crippen LogP contribution in [0.3, 0.4) is 0 Å². The van der Waals surface area contributed by atoms with Gasteiger partial charge in [-0.3, -0.25) is 0 Å². The highest BCUT2D eigenvalue weighted by Gasteiger charge is 2.18. The van der Waals surface area contributed by atoms with Crippen LogP contribution >= 0.6 is 11.6 Å². The van der Waals surface area contributed by atoms with Crippen molar-refractivity contribution in [2.45, 2.75) is 17.9 Å². The number of aliphatic hydroxyl groups excluding tert-OH is 1. The Hall–Kier alpha value is -0.690. The molecule has 2 N–H and O–H groups in total. The summed E-state index contributed by atoms with van der Waals surface area (Å²) in [6.45, 7) is 1.31. The molecule has 0 aliphatic carbocycles. The first-order valence-corrected chi connectivity index (χ1v) is 6.32. The highest BCUT2D eigenvalue weighted by molar-refractivity contribution is 7.89. The van der Waals surface area contributed by atoms with Crippen molar-refractivity contribution in [3.05, 3.63) is 29.0 Å². The summed E-state index contributed by atoms with van der Waals surface area (Å²) in [6.07, 6.45) is -0.811. The van der Waals surface area contributed by atoms with Crippen LogP contribution in [0.1, 0.15) is 6.92 Å². The van der Waals surface area contributed by atoms with Crippen molar-refractivity contribution in [2.75, 3.05) is 6.54 Å². The van der Waals surface area contributed by atoms with Gasteiger partial charge in [-0.15, -0.1) is 0 Å². The highest BCUT2D eigenvalue weighted by atomic mass is 35.5.